The molecule has 0 nitrogen and oxygen atoms in total. The first-order chi connectivity index (χ1) is 30.5. The Bertz CT molecular complexity index is 1800. The Morgan fingerprint density at radius 1 is 0.258 bits per heavy atom. The number of benzene rings is 3. The van der Waals surface area contributed by atoms with Gasteiger partial charge in [-0.1, -0.05) is 193 Å². The van der Waals surface area contributed by atoms with Crippen molar-refractivity contribution in [2.24, 2.45) is 0 Å². The number of hydrogen-bond acceptors (Lipinski definition) is 0. The Balaban J connectivity index is 2.22. The van der Waals surface area contributed by atoms with Crippen LogP contribution < -0.4 is 0 Å². The minimum Gasteiger partial charge on any atom is -0.115 e. The van der Waals surface area contributed by atoms with Crippen molar-refractivity contribution in [2.75, 3.05) is 0 Å². The minimum absolute atomic E-state index is 1.02. The molecule has 0 aliphatic heterocycles. The van der Waals surface area contributed by atoms with Gasteiger partial charge in [-0.05, 0) is 147 Å². The lowest BCUT2D eigenvalue weighted by atomic mass is 9.90. The number of aryl methyl sites for hydroxylation is 6. The summed E-state index contributed by atoms with van der Waals surface area (Å²) in [6, 6.07) is 14.2. The van der Waals surface area contributed by atoms with E-state index in [1.54, 1.807) is 0 Å². The summed E-state index contributed by atoms with van der Waals surface area (Å²) in [6.07, 6.45) is 48.0. The highest BCUT2D eigenvalue weighted by Gasteiger charge is 2.13. The average Bonchev–Trinajstić information content (AvgIpc) is 3.29. The second kappa shape index (κ2) is 32.6. The van der Waals surface area contributed by atoms with Crippen LogP contribution in [0.5, 0.6) is 0 Å². The van der Waals surface area contributed by atoms with Crippen LogP contribution in [0.2, 0.25) is 0 Å². The number of unbranched alkanes of at least 4 members (excludes halogenated alkanes) is 18. The van der Waals surface area contributed by atoms with Gasteiger partial charge in [0.05, 0.1) is 0 Å². The van der Waals surface area contributed by atoms with Crippen molar-refractivity contribution in [3.63, 3.8) is 0 Å². The first kappa shape index (κ1) is 52.2. The van der Waals surface area contributed by atoms with Crippen LogP contribution in [0, 0.1) is 48.4 Å². The highest BCUT2D eigenvalue weighted by molar-refractivity contribution is 5.59. The van der Waals surface area contributed by atoms with Crippen molar-refractivity contribution in [1.29, 1.82) is 0 Å². The molecule has 0 N–H and O–H groups in total. The smallest absolute Gasteiger partial charge is 0.0284 e. The molecule has 0 spiro atoms. The lowest BCUT2D eigenvalue weighted by molar-refractivity contribution is 0.662. The Labute approximate surface area is 384 Å². The van der Waals surface area contributed by atoms with E-state index < -0.39 is 0 Å². The zero-order valence-corrected chi connectivity index (χ0v) is 40.8. The lowest BCUT2D eigenvalue weighted by Gasteiger charge is -2.13. The summed E-state index contributed by atoms with van der Waals surface area (Å²) in [6.45, 7) is 13.7. The van der Waals surface area contributed by atoms with Crippen LogP contribution in [-0.2, 0) is 38.5 Å². The van der Waals surface area contributed by atoms with Crippen LogP contribution in [-0.4, -0.2) is 0 Å². The predicted molar refractivity (Wildman–Crippen MR) is 274 cm³/mol. The lowest BCUT2D eigenvalue weighted by Crippen LogP contribution is -2.01. The molecule has 3 rings (SSSR count). The predicted octanol–water partition coefficient (Wildman–Crippen LogP) is 17.2. The maximum atomic E-state index is 6.17. The fraction of sp³-hybridized carbons (Fsp3) is 0.581. The third-order valence-electron chi connectivity index (χ3n) is 12.8. The van der Waals surface area contributed by atoms with E-state index in [1.165, 1.54) is 210 Å². The molecule has 3 aromatic rings. The molecular weight excluding hydrogens is 745 g/mol. The van der Waals surface area contributed by atoms with Gasteiger partial charge in [0.25, 0.3) is 0 Å². The Morgan fingerprint density at radius 3 is 0.613 bits per heavy atom. The van der Waals surface area contributed by atoms with Crippen molar-refractivity contribution in [3.05, 3.63) is 103 Å². The monoisotopic (exact) mass is 831 g/mol. The van der Waals surface area contributed by atoms with Gasteiger partial charge < -0.3 is 0 Å². The Kier molecular flexibility index (Phi) is 27.4. The largest absolute Gasteiger partial charge is 0.115 e. The summed E-state index contributed by atoms with van der Waals surface area (Å²) in [5.41, 5.74) is 14.7. The maximum Gasteiger partial charge on any atom is 0.0284 e. The topological polar surface area (TPSA) is 0 Å². The summed E-state index contributed by atoms with van der Waals surface area (Å²) >= 11 is 0. The molecule has 0 aliphatic carbocycles. The van der Waals surface area contributed by atoms with Gasteiger partial charge in [-0.2, -0.15) is 0 Å². The summed E-state index contributed by atoms with van der Waals surface area (Å²) < 4.78 is 0. The highest BCUT2D eigenvalue weighted by Crippen LogP contribution is 2.26. The molecule has 0 aliphatic rings. The van der Waals surface area contributed by atoms with Crippen molar-refractivity contribution < 1.29 is 0 Å². The van der Waals surface area contributed by atoms with Gasteiger partial charge in [-0.15, -0.1) is 12.8 Å². The summed E-state index contributed by atoms with van der Waals surface area (Å²) in [4.78, 5) is 0. The van der Waals surface area contributed by atoms with E-state index in [1.807, 2.05) is 0 Å². The summed E-state index contributed by atoms with van der Waals surface area (Å²) in [5, 5.41) is 0. The summed E-state index contributed by atoms with van der Waals surface area (Å²) in [7, 11) is 0. The fourth-order valence-electron chi connectivity index (χ4n) is 8.77. The van der Waals surface area contributed by atoms with Gasteiger partial charge in [0.1, 0.15) is 0 Å². The SMILES string of the molecule is C#Cc1cc(CCCCCC)c(C#Cc2cc(CCCCCC)c(C#Cc3cc(CCCCCC)c(C#C)cc3CCCCCC)cc2CCCCCC)cc1CCCCCC. The van der Waals surface area contributed by atoms with E-state index in [4.69, 9.17) is 12.8 Å². The average molecular weight is 831 g/mol. The fourth-order valence-corrected chi connectivity index (χ4v) is 8.77. The van der Waals surface area contributed by atoms with Gasteiger partial charge in [-0.25, -0.2) is 0 Å². The first-order valence-electron chi connectivity index (χ1n) is 25.9. The van der Waals surface area contributed by atoms with Crippen LogP contribution in [0.15, 0.2) is 36.4 Å². The second-order valence-corrected chi connectivity index (χ2v) is 18.2. The normalized spacial score (nSPS) is 10.8. The van der Waals surface area contributed by atoms with Gasteiger partial charge in [-0.3, -0.25) is 0 Å². The van der Waals surface area contributed by atoms with Crippen LogP contribution in [0.3, 0.4) is 0 Å². The molecule has 0 amide bonds. The number of hydrogen-bond donors (Lipinski definition) is 0. The van der Waals surface area contributed by atoms with E-state index in [2.05, 4.69) is 113 Å². The van der Waals surface area contributed by atoms with E-state index in [0.717, 1.165) is 49.7 Å². The molecule has 62 heavy (non-hydrogen) atoms. The molecule has 0 unspecified atom stereocenters. The first-order valence-corrected chi connectivity index (χ1v) is 25.9. The third kappa shape index (κ3) is 19.1. The van der Waals surface area contributed by atoms with Crippen LogP contribution in [0.1, 0.15) is 262 Å². The van der Waals surface area contributed by atoms with Crippen LogP contribution in [0.4, 0.5) is 0 Å². The molecular formula is C62H86. The molecule has 0 fully saturated rings. The van der Waals surface area contributed by atoms with Crippen molar-refractivity contribution in [1.82, 2.24) is 0 Å². The van der Waals surface area contributed by atoms with Crippen LogP contribution >= 0.6 is 0 Å². The van der Waals surface area contributed by atoms with Gasteiger partial charge >= 0.3 is 0 Å². The van der Waals surface area contributed by atoms with Gasteiger partial charge in [0.15, 0.2) is 0 Å². The molecule has 0 saturated heterocycles. The zero-order chi connectivity index (χ0) is 44.6. The highest BCUT2D eigenvalue weighted by atomic mass is 14.2. The summed E-state index contributed by atoms with van der Waals surface area (Å²) in [5.74, 6) is 21.3. The molecule has 0 heterocycles. The maximum absolute atomic E-state index is 6.17. The molecule has 0 aromatic heterocycles. The Morgan fingerprint density at radius 2 is 0.435 bits per heavy atom. The van der Waals surface area contributed by atoms with Crippen LogP contribution in [0.25, 0.3) is 0 Å². The van der Waals surface area contributed by atoms with E-state index >= 15 is 0 Å². The third-order valence-corrected chi connectivity index (χ3v) is 12.8. The minimum atomic E-state index is 1.02. The van der Waals surface area contributed by atoms with Crippen molar-refractivity contribution >= 4 is 0 Å². The molecule has 0 saturated carbocycles. The van der Waals surface area contributed by atoms with E-state index in [0.29, 0.717) is 0 Å². The van der Waals surface area contributed by atoms with Crippen molar-refractivity contribution in [3.8, 4) is 48.4 Å². The van der Waals surface area contributed by atoms with E-state index in [-0.39, 0.29) is 0 Å². The standard InChI is InChI=1S/C62H86/c1-9-17-23-29-35-53-47-59(55(45-51(53)15-7)37-31-25-19-11-3)41-43-61-49-58(40-34-28-22-14-6)62(50-57(61)39-33-27-21-13-5)44-42-60-48-54(36-30-24-18-10-2)52(16-8)46-56(60)38-32-26-20-12-4/h7-8,45-50H,9-14,17-40H2,1-6H3. The van der Waals surface area contributed by atoms with Crippen molar-refractivity contribution in [2.45, 2.75) is 234 Å². The molecule has 3 aromatic carbocycles. The Hall–Kier alpha value is -4.10. The van der Waals surface area contributed by atoms with Gasteiger partial charge in [0.2, 0.25) is 0 Å². The molecule has 0 atom stereocenters. The quantitative estimate of drug-likeness (QED) is 0.0464. The molecule has 0 bridgehead atoms. The molecule has 334 valence electrons. The molecule has 0 heteroatoms. The number of terminal acetylenes is 2. The molecule has 0 radical (unpaired) electrons. The van der Waals surface area contributed by atoms with E-state index in [9.17, 15) is 0 Å². The second-order valence-electron chi connectivity index (χ2n) is 18.2. The number of rotatable bonds is 30. The zero-order valence-electron chi connectivity index (χ0n) is 40.8. The van der Waals surface area contributed by atoms with Gasteiger partial charge in [0, 0.05) is 33.4 Å².